The van der Waals surface area contributed by atoms with Crippen molar-refractivity contribution in [2.24, 2.45) is 5.92 Å². The SMILES string of the molecule is O=C(O)CCC(=O)N(C1CC1)[C@H]1c2cc(F)ccc2N(C(=O)c2ccc(OC(F)(F)F)cc2)[C@H]2CC[C@H]21. The zero-order chi connectivity index (χ0) is 26.5. The van der Waals surface area contributed by atoms with Crippen LogP contribution in [0.15, 0.2) is 42.5 Å². The van der Waals surface area contributed by atoms with Crippen LogP contribution in [0.25, 0.3) is 0 Å². The summed E-state index contributed by atoms with van der Waals surface area (Å²) in [4.78, 5) is 41.1. The van der Waals surface area contributed by atoms with Crippen molar-refractivity contribution >= 4 is 23.5 Å². The Kier molecular flexibility index (Phi) is 6.33. The second-order valence-electron chi connectivity index (χ2n) is 9.63. The Morgan fingerprint density at radius 2 is 1.70 bits per heavy atom. The number of aliphatic carboxylic acids is 1. The number of carboxylic acids is 1. The number of carbonyl (C=O) groups is 3. The number of ether oxygens (including phenoxy) is 1. The molecule has 3 aliphatic rings. The van der Waals surface area contributed by atoms with Crippen LogP contribution in [-0.4, -0.2) is 46.2 Å². The largest absolute Gasteiger partial charge is 0.573 e. The second-order valence-corrected chi connectivity index (χ2v) is 9.63. The summed E-state index contributed by atoms with van der Waals surface area (Å²) in [6.45, 7) is 0. The highest BCUT2D eigenvalue weighted by Gasteiger charge is 2.53. The van der Waals surface area contributed by atoms with Crippen molar-refractivity contribution in [3.63, 3.8) is 0 Å². The highest BCUT2D eigenvalue weighted by Crippen LogP contribution is 2.54. The standard InChI is InChI=1S/C26H24F4N2O5/c27-15-3-9-21-19(13-15)24(31(16-4-5-16)22(33)11-12-23(34)35)18-8-10-20(18)32(21)25(36)14-1-6-17(7-2-14)37-26(28,29)30/h1-3,6-7,9,13,16,18,20,24H,4-5,8,10-12H2,(H,34,35)/t18-,20+,24-/m1/s1. The number of hydrogen-bond donors (Lipinski definition) is 1. The van der Waals surface area contributed by atoms with Crippen molar-refractivity contribution in [3.8, 4) is 5.75 Å². The molecule has 5 rings (SSSR count). The number of rotatable bonds is 7. The van der Waals surface area contributed by atoms with Gasteiger partial charge < -0.3 is 19.6 Å². The number of carbonyl (C=O) groups excluding carboxylic acids is 2. The fourth-order valence-electron chi connectivity index (χ4n) is 5.42. The molecule has 1 heterocycles. The summed E-state index contributed by atoms with van der Waals surface area (Å²) in [6, 6.07) is 7.79. The van der Waals surface area contributed by atoms with E-state index in [0.717, 1.165) is 25.0 Å². The molecular weight excluding hydrogens is 496 g/mol. The lowest BCUT2D eigenvalue weighted by Crippen LogP contribution is -2.59. The molecule has 2 saturated carbocycles. The van der Waals surface area contributed by atoms with Gasteiger partial charge in [0.25, 0.3) is 5.91 Å². The summed E-state index contributed by atoms with van der Waals surface area (Å²) in [5, 5.41) is 9.06. The van der Waals surface area contributed by atoms with Crippen LogP contribution in [0.2, 0.25) is 0 Å². The molecule has 0 saturated heterocycles. The minimum absolute atomic E-state index is 0.0629. The van der Waals surface area contributed by atoms with Gasteiger partial charge in [-0.2, -0.15) is 0 Å². The molecular formula is C26H24F4N2O5. The average molecular weight is 520 g/mol. The van der Waals surface area contributed by atoms with Crippen molar-refractivity contribution in [2.75, 3.05) is 4.90 Å². The molecule has 7 nitrogen and oxygen atoms in total. The molecule has 0 aromatic heterocycles. The number of halogens is 4. The van der Waals surface area contributed by atoms with Gasteiger partial charge in [0.1, 0.15) is 11.6 Å². The molecule has 2 aromatic carbocycles. The maximum absolute atomic E-state index is 14.5. The third kappa shape index (κ3) is 4.99. The highest BCUT2D eigenvalue weighted by atomic mass is 19.4. The molecule has 2 aliphatic carbocycles. The summed E-state index contributed by atoms with van der Waals surface area (Å²) in [6.07, 6.45) is -2.47. The van der Waals surface area contributed by atoms with Gasteiger partial charge >= 0.3 is 12.3 Å². The maximum Gasteiger partial charge on any atom is 0.573 e. The van der Waals surface area contributed by atoms with E-state index in [1.165, 1.54) is 30.3 Å². The first-order chi connectivity index (χ1) is 17.5. The van der Waals surface area contributed by atoms with Gasteiger partial charge in [-0.15, -0.1) is 13.2 Å². The number of benzene rings is 2. The van der Waals surface area contributed by atoms with E-state index in [0.29, 0.717) is 24.1 Å². The van der Waals surface area contributed by atoms with Gasteiger partial charge in [0.2, 0.25) is 5.91 Å². The first-order valence-electron chi connectivity index (χ1n) is 12.1. The normalized spacial score (nSPS) is 22.4. The van der Waals surface area contributed by atoms with Crippen LogP contribution in [0.4, 0.5) is 23.2 Å². The lowest BCUT2D eigenvalue weighted by molar-refractivity contribution is -0.274. The van der Waals surface area contributed by atoms with Crippen molar-refractivity contribution in [2.45, 2.75) is 63.0 Å². The van der Waals surface area contributed by atoms with Gasteiger partial charge in [0.05, 0.1) is 12.5 Å². The molecule has 2 aromatic rings. The third-order valence-corrected chi connectivity index (χ3v) is 7.23. The van der Waals surface area contributed by atoms with Gasteiger partial charge in [-0.1, -0.05) is 0 Å². The number of carboxylic acid groups (broad SMARTS) is 1. The third-order valence-electron chi connectivity index (χ3n) is 7.23. The second kappa shape index (κ2) is 9.35. The van der Waals surface area contributed by atoms with E-state index in [-0.39, 0.29) is 42.3 Å². The molecule has 1 aliphatic heterocycles. The summed E-state index contributed by atoms with van der Waals surface area (Å²) in [5.74, 6) is -3.00. The van der Waals surface area contributed by atoms with Crippen LogP contribution in [0.1, 0.15) is 60.5 Å². The predicted molar refractivity (Wildman–Crippen MR) is 122 cm³/mol. The number of anilines is 1. The molecule has 11 heteroatoms. The first-order valence-corrected chi connectivity index (χ1v) is 12.1. The van der Waals surface area contributed by atoms with Gasteiger partial charge in [0, 0.05) is 41.2 Å². The highest BCUT2D eigenvalue weighted by molar-refractivity contribution is 6.07. The number of hydrogen-bond acceptors (Lipinski definition) is 4. The van der Waals surface area contributed by atoms with Crippen molar-refractivity contribution < 1.29 is 41.8 Å². The quantitative estimate of drug-likeness (QED) is 0.516. The summed E-state index contributed by atoms with van der Waals surface area (Å²) in [5.41, 5.74) is 1.05. The van der Waals surface area contributed by atoms with Crippen molar-refractivity contribution in [1.82, 2.24) is 4.90 Å². The summed E-state index contributed by atoms with van der Waals surface area (Å²) >= 11 is 0. The lowest BCUT2D eigenvalue weighted by Gasteiger charge is -2.55. The Hall–Kier alpha value is -3.63. The fourth-order valence-corrected chi connectivity index (χ4v) is 5.42. The van der Waals surface area contributed by atoms with E-state index in [1.54, 1.807) is 9.80 Å². The van der Waals surface area contributed by atoms with Crippen LogP contribution in [0.5, 0.6) is 5.75 Å². The van der Waals surface area contributed by atoms with E-state index >= 15 is 0 Å². The fraction of sp³-hybridized carbons (Fsp3) is 0.423. The van der Waals surface area contributed by atoms with E-state index in [2.05, 4.69) is 4.74 Å². The molecule has 2 fully saturated rings. The lowest BCUT2D eigenvalue weighted by atomic mass is 9.67. The van der Waals surface area contributed by atoms with E-state index in [1.807, 2.05) is 0 Å². The molecule has 37 heavy (non-hydrogen) atoms. The topological polar surface area (TPSA) is 87.2 Å². The Morgan fingerprint density at radius 3 is 2.27 bits per heavy atom. The van der Waals surface area contributed by atoms with Crippen molar-refractivity contribution in [1.29, 1.82) is 0 Å². The van der Waals surface area contributed by atoms with E-state index in [4.69, 9.17) is 5.11 Å². The Balaban J connectivity index is 1.49. The first kappa shape index (κ1) is 25.0. The maximum atomic E-state index is 14.5. The van der Waals surface area contributed by atoms with Gasteiger partial charge in [0.15, 0.2) is 0 Å². The van der Waals surface area contributed by atoms with Crippen LogP contribution in [0.3, 0.4) is 0 Å². The monoisotopic (exact) mass is 520 g/mol. The van der Waals surface area contributed by atoms with Gasteiger partial charge in [-0.3, -0.25) is 14.4 Å². The average Bonchev–Trinajstić information content (AvgIpc) is 3.63. The molecule has 0 radical (unpaired) electrons. The zero-order valence-corrected chi connectivity index (χ0v) is 19.6. The Bertz CT molecular complexity index is 1230. The predicted octanol–water partition coefficient (Wildman–Crippen LogP) is 5.06. The number of fused-ring (bicyclic) bond motifs is 2. The Morgan fingerprint density at radius 1 is 1.00 bits per heavy atom. The van der Waals surface area contributed by atoms with Gasteiger partial charge in [-0.25, -0.2) is 4.39 Å². The van der Waals surface area contributed by atoms with Crippen LogP contribution < -0.4 is 9.64 Å². The molecule has 0 bridgehead atoms. The number of alkyl halides is 3. The molecule has 1 N–H and O–H groups in total. The summed E-state index contributed by atoms with van der Waals surface area (Å²) < 4.78 is 55.9. The van der Waals surface area contributed by atoms with Crippen LogP contribution in [0, 0.1) is 11.7 Å². The van der Waals surface area contributed by atoms with Crippen LogP contribution >= 0.6 is 0 Å². The van der Waals surface area contributed by atoms with E-state index < -0.39 is 35.8 Å². The molecule has 196 valence electrons. The molecule has 3 atom stereocenters. The number of nitrogens with zero attached hydrogens (tertiary/aromatic N) is 2. The molecule has 0 unspecified atom stereocenters. The number of amides is 2. The zero-order valence-electron chi connectivity index (χ0n) is 19.6. The summed E-state index contributed by atoms with van der Waals surface area (Å²) in [7, 11) is 0. The van der Waals surface area contributed by atoms with Crippen molar-refractivity contribution in [3.05, 3.63) is 59.4 Å². The Labute approximate surface area is 209 Å². The molecule has 2 amide bonds. The minimum atomic E-state index is -4.86. The van der Waals surface area contributed by atoms with E-state index in [9.17, 15) is 31.9 Å². The van der Waals surface area contributed by atoms with Gasteiger partial charge in [-0.05, 0) is 68.1 Å². The smallest absolute Gasteiger partial charge is 0.481 e. The molecule has 0 spiro atoms. The van der Waals surface area contributed by atoms with Crippen LogP contribution in [-0.2, 0) is 9.59 Å². The minimum Gasteiger partial charge on any atom is -0.481 e.